The van der Waals surface area contributed by atoms with Gasteiger partial charge in [0.15, 0.2) is 0 Å². The number of carbonyl (C=O) groups is 1. The highest BCUT2D eigenvalue weighted by Crippen LogP contribution is 2.23. The number of anilines is 1. The number of rotatable bonds is 4. The number of amides is 1. The van der Waals surface area contributed by atoms with Gasteiger partial charge in [0, 0.05) is 31.4 Å². The van der Waals surface area contributed by atoms with Gasteiger partial charge in [-0.2, -0.15) is 0 Å². The second-order valence-electron chi connectivity index (χ2n) is 5.81. The van der Waals surface area contributed by atoms with Crippen LogP contribution in [0.2, 0.25) is 0 Å². The van der Waals surface area contributed by atoms with E-state index in [1.54, 1.807) is 0 Å². The van der Waals surface area contributed by atoms with Crippen molar-refractivity contribution in [2.45, 2.75) is 32.7 Å². The van der Waals surface area contributed by atoms with Crippen molar-refractivity contribution in [1.82, 2.24) is 10.2 Å². The number of hydrogen-bond acceptors (Lipinski definition) is 3. The molecule has 118 valence electrons. The Morgan fingerprint density at radius 2 is 2.14 bits per heavy atom. The first kappa shape index (κ1) is 18.0. The summed E-state index contributed by atoms with van der Waals surface area (Å²) in [6.45, 7) is 9.75. The van der Waals surface area contributed by atoms with Crippen molar-refractivity contribution < 1.29 is 4.79 Å². The Hall–Kier alpha value is -1.10. The predicted molar refractivity (Wildman–Crippen MR) is 90.3 cm³/mol. The highest BCUT2D eigenvalue weighted by molar-refractivity contribution is 5.93. The van der Waals surface area contributed by atoms with Crippen LogP contribution in [0.15, 0.2) is 24.3 Å². The topological polar surface area (TPSA) is 44.4 Å². The predicted octanol–water partition coefficient (Wildman–Crippen LogP) is 2.46. The molecule has 0 saturated carbocycles. The summed E-state index contributed by atoms with van der Waals surface area (Å²) in [5.41, 5.74) is 2.13. The standard InChI is InChI=1S/C16H25N3O.ClH/c1-12(2)14-6-4-5-7-15(14)18-16(20)11-19-9-8-17-10-13(19)3;/h4-7,12-13,17H,8-11H2,1-3H3,(H,18,20);1H/t13-;/m1./s1. The highest BCUT2D eigenvalue weighted by Gasteiger charge is 2.20. The smallest absolute Gasteiger partial charge is 0.238 e. The van der Waals surface area contributed by atoms with Gasteiger partial charge in [-0.15, -0.1) is 12.4 Å². The number of para-hydroxylation sites is 1. The molecular formula is C16H26ClN3O. The number of nitrogens with zero attached hydrogens (tertiary/aromatic N) is 1. The number of benzene rings is 1. The second-order valence-corrected chi connectivity index (χ2v) is 5.81. The maximum Gasteiger partial charge on any atom is 0.238 e. The lowest BCUT2D eigenvalue weighted by molar-refractivity contribution is -0.118. The van der Waals surface area contributed by atoms with Crippen LogP contribution >= 0.6 is 12.4 Å². The van der Waals surface area contributed by atoms with Crippen LogP contribution in [0.4, 0.5) is 5.69 Å². The molecule has 1 aliphatic rings. The Kier molecular flexibility index (Phi) is 7.15. The summed E-state index contributed by atoms with van der Waals surface area (Å²) < 4.78 is 0. The molecule has 0 radical (unpaired) electrons. The van der Waals surface area contributed by atoms with E-state index < -0.39 is 0 Å². The third kappa shape index (κ3) is 4.99. The molecule has 1 saturated heterocycles. The van der Waals surface area contributed by atoms with Crippen molar-refractivity contribution in [3.8, 4) is 0 Å². The Morgan fingerprint density at radius 1 is 1.43 bits per heavy atom. The molecule has 0 bridgehead atoms. The first-order chi connectivity index (χ1) is 9.58. The normalized spacial score (nSPS) is 19.1. The summed E-state index contributed by atoms with van der Waals surface area (Å²) in [6.07, 6.45) is 0. The molecule has 1 aromatic carbocycles. The fourth-order valence-electron chi connectivity index (χ4n) is 2.61. The zero-order valence-corrected chi connectivity index (χ0v) is 13.9. The van der Waals surface area contributed by atoms with Gasteiger partial charge >= 0.3 is 0 Å². The molecule has 4 nitrogen and oxygen atoms in total. The molecule has 5 heteroatoms. The monoisotopic (exact) mass is 311 g/mol. The maximum absolute atomic E-state index is 12.2. The summed E-state index contributed by atoms with van der Waals surface area (Å²) >= 11 is 0. The first-order valence-electron chi connectivity index (χ1n) is 7.41. The van der Waals surface area contributed by atoms with E-state index >= 15 is 0 Å². The zero-order chi connectivity index (χ0) is 14.5. The van der Waals surface area contributed by atoms with Crippen LogP contribution in [0.25, 0.3) is 0 Å². The summed E-state index contributed by atoms with van der Waals surface area (Å²) in [6, 6.07) is 8.45. The minimum absolute atomic E-state index is 0. The lowest BCUT2D eigenvalue weighted by Gasteiger charge is -2.33. The SMILES string of the molecule is CC(C)c1ccccc1NC(=O)CN1CCNC[C@H]1C.Cl. The van der Waals surface area contributed by atoms with E-state index in [0.717, 1.165) is 25.3 Å². The number of piperazine rings is 1. The van der Waals surface area contributed by atoms with Crippen LogP contribution in [0.5, 0.6) is 0 Å². The maximum atomic E-state index is 12.2. The van der Waals surface area contributed by atoms with Gasteiger partial charge in [0.05, 0.1) is 6.54 Å². The van der Waals surface area contributed by atoms with Gasteiger partial charge in [-0.05, 0) is 24.5 Å². The fourth-order valence-corrected chi connectivity index (χ4v) is 2.61. The minimum Gasteiger partial charge on any atom is -0.325 e. The first-order valence-corrected chi connectivity index (χ1v) is 7.41. The third-order valence-corrected chi connectivity index (χ3v) is 3.84. The molecule has 1 amide bonds. The molecule has 0 aliphatic carbocycles. The lowest BCUT2D eigenvalue weighted by atomic mass is 10.0. The van der Waals surface area contributed by atoms with Crippen LogP contribution in [0, 0.1) is 0 Å². The molecule has 0 spiro atoms. The van der Waals surface area contributed by atoms with Gasteiger partial charge in [-0.1, -0.05) is 32.0 Å². The van der Waals surface area contributed by atoms with E-state index in [9.17, 15) is 4.79 Å². The van der Waals surface area contributed by atoms with Crippen LogP contribution in [-0.4, -0.2) is 43.0 Å². The molecule has 1 aromatic rings. The molecule has 1 atom stereocenters. The zero-order valence-electron chi connectivity index (χ0n) is 13.1. The van der Waals surface area contributed by atoms with Crippen molar-refractivity contribution in [1.29, 1.82) is 0 Å². The molecule has 2 rings (SSSR count). The van der Waals surface area contributed by atoms with Gasteiger partial charge in [0.25, 0.3) is 0 Å². The van der Waals surface area contributed by atoms with Crippen molar-refractivity contribution in [3.63, 3.8) is 0 Å². The van der Waals surface area contributed by atoms with Crippen molar-refractivity contribution in [3.05, 3.63) is 29.8 Å². The van der Waals surface area contributed by atoms with Gasteiger partial charge in [-0.3, -0.25) is 9.69 Å². The quantitative estimate of drug-likeness (QED) is 0.898. The van der Waals surface area contributed by atoms with Crippen LogP contribution in [0.1, 0.15) is 32.3 Å². The van der Waals surface area contributed by atoms with E-state index in [-0.39, 0.29) is 18.3 Å². The van der Waals surface area contributed by atoms with Crippen molar-refractivity contribution in [2.24, 2.45) is 0 Å². The number of hydrogen-bond donors (Lipinski definition) is 2. The van der Waals surface area contributed by atoms with Gasteiger partial charge < -0.3 is 10.6 Å². The number of carbonyl (C=O) groups excluding carboxylic acids is 1. The fraction of sp³-hybridized carbons (Fsp3) is 0.562. The van der Waals surface area contributed by atoms with Crippen LogP contribution in [0.3, 0.4) is 0 Å². The molecule has 1 fully saturated rings. The van der Waals surface area contributed by atoms with Gasteiger partial charge in [0.1, 0.15) is 0 Å². The summed E-state index contributed by atoms with van der Waals surface area (Å²) in [4.78, 5) is 14.5. The Labute approximate surface area is 133 Å². The summed E-state index contributed by atoms with van der Waals surface area (Å²) in [5, 5.41) is 6.40. The molecule has 21 heavy (non-hydrogen) atoms. The number of nitrogens with one attached hydrogen (secondary N) is 2. The van der Waals surface area contributed by atoms with Gasteiger partial charge in [0.2, 0.25) is 5.91 Å². The minimum atomic E-state index is 0. The Morgan fingerprint density at radius 3 is 2.81 bits per heavy atom. The molecule has 0 unspecified atom stereocenters. The highest BCUT2D eigenvalue weighted by atomic mass is 35.5. The van der Waals surface area contributed by atoms with Gasteiger partial charge in [-0.25, -0.2) is 0 Å². The number of halogens is 1. The van der Waals surface area contributed by atoms with Crippen LogP contribution < -0.4 is 10.6 Å². The Balaban J connectivity index is 0.00000220. The molecule has 0 aromatic heterocycles. The third-order valence-electron chi connectivity index (χ3n) is 3.84. The van der Waals surface area contributed by atoms with E-state index in [4.69, 9.17) is 0 Å². The average molecular weight is 312 g/mol. The summed E-state index contributed by atoms with van der Waals surface area (Å²) in [7, 11) is 0. The van der Waals surface area contributed by atoms with E-state index in [2.05, 4.69) is 42.4 Å². The second kappa shape index (κ2) is 8.37. The molecule has 1 aliphatic heterocycles. The molecule has 1 heterocycles. The Bertz CT molecular complexity index is 465. The van der Waals surface area contributed by atoms with Crippen molar-refractivity contribution in [2.75, 3.05) is 31.5 Å². The van der Waals surface area contributed by atoms with E-state index in [0.29, 0.717) is 18.5 Å². The van der Waals surface area contributed by atoms with E-state index in [1.807, 2.05) is 18.2 Å². The average Bonchev–Trinajstić information content (AvgIpc) is 2.41. The van der Waals surface area contributed by atoms with Crippen molar-refractivity contribution >= 4 is 24.0 Å². The molecule has 2 N–H and O–H groups in total. The van der Waals surface area contributed by atoms with Crippen LogP contribution in [-0.2, 0) is 4.79 Å². The largest absolute Gasteiger partial charge is 0.325 e. The lowest BCUT2D eigenvalue weighted by Crippen LogP contribution is -2.52. The molecular weight excluding hydrogens is 286 g/mol. The van der Waals surface area contributed by atoms with E-state index in [1.165, 1.54) is 5.56 Å². The summed E-state index contributed by atoms with van der Waals surface area (Å²) in [5.74, 6) is 0.483.